The quantitative estimate of drug-likeness (QED) is 0.591. The molecule has 0 unspecified atom stereocenters. The van der Waals surface area contributed by atoms with Gasteiger partial charge in [0.05, 0.1) is 0 Å². The van der Waals surface area contributed by atoms with Crippen LogP contribution in [0, 0.1) is 0 Å². The fraction of sp³-hybridized carbons (Fsp3) is 0.375. The van der Waals surface area contributed by atoms with E-state index in [9.17, 15) is 0 Å². The lowest BCUT2D eigenvalue weighted by molar-refractivity contribution is 0.615. The Morgan fingerprint density at radius 1 is 1.50 bits per heavy atom. The van der Waals surface area contributed by atoms with Gasteiger partial charge < -0.3 is 10.5 Å². The topological polar surface area (TPSA) is 64.6 Å². The van der Waals surface area contributed by atoms with E-state index >= 15 is 0 Å². The summed E-state index contributed by atoms with van der Waals surface area (Å²) in [7, 11) is 1.14. The number of rotatable bonds is 2. The van der Waals surface area contributed by atoms with Crippen LogP contribution in [-0.4, -0.2) is 23.0 Å². The van der Waals surface area contributed by atoms with E-state index in [2.05, 4.69) is 4.98 Å². The number of hydrogen-bond donors (Lipinski definition) is 1. The first kappa shape index (κ1) is 9.22. The van der Waals surface area contributed by atoms with Crippen LogP contribution in [0.5, 0.6) is 0 Å². The summed E-state index contributed by atoms with van der Waals surface area (Å²) in [4.78, 5) is 3.94. The Labute approximate surface area is 72.0 Å². The molecule has 0 bridgehead atoms. The van der Waals surface area contributed by atoms with Crippen LogP contribution < -0.4 is 5.46 Å². The smallest absolute Gasteiger partial charge is 0.328 e. The van der Waals surface area contributed by atoms with E-state index in [-0.39, 0.29) is 5.48 Å². The van der Waals surface area contributed by atoms with Crippen molar-refractivity contribution in [1.82, 2.24) is 4.98 Å². The molecule has 0 saturated heterocycles. The van der Waals surface area contributed by atoms with Crippen LogP contribution >= 0.6 is 0 Å². The van der Waals surface area contributed by atoms with Gasteiger partial charge in [-0.25, -0.2) is 0 Å². The van der Waals surface area contributed by atoms with Crippen molar-refractivity contribution in [3.05, 3.63) is 24.0 Å². The molecular weight excluding hydrogens is 153 g/mol. The van der Waals surface area contributed by atoms with E-state index in [4.69, 9.17) is 5.02 Å². The first-order chi connectivity index (χ1) is 5.42. The van der Waals surface area contributed by atoms with Crippen molar-refractivity contribution in [1.29, 1.82) is 0 Å². The number of pyridine rings is 1. The van der Waals surface area contributed by atoms with Gasteiger partial charge in [-0.3, -0.25) is 4.98 Å². The Balaban J connectivity index is 0.000000720. The molecule has 1 radical (unpaired) electrons. The zero-order valence-corrected chi connectivity index (χ0v) is 6.70. The van der Waals surface area contributed by atoms with Gasteiger partial charge in [-0.15, -0.1) is 0 Å². The van der Waals surface area contributed by atoms with Gasteiger partial charge in [0.15, 0.2) is 0 Å². The third kappa shape index (κ3) is 1.65. The first-order valence-corrected chi connectivity index (χ1v) is 3.83. The molecule has 0 spiro atoms. The van der Waals surface area contributed by atoms with Crippen LogP contribution in [-0.2, 0) is 0 Å². The lowest BCUT2D eigenvalue weighted by Gasteiger charge is -2.01. The van der Waals surface area contributed by atoms with Crippen LogP contribution in [0.25, 0.3) is 0 Å². The second kappa shape index (κ2) is 3.69. The lowest BCUT2D eigenvalue weighted by Crippen LogP contribution is -2.18. The van der Waals surface area contributed by atoms with Crippen molar-refractivity contribution < 1.29 is 10.5 Å². The minimum absolute atomic E-state index is 0. The molecule has 3 N–H and O–H groups in total. The molecule has 12 heavy (non-hydrogen) atoms. The van der Waals surface area contributed by atoms with Crippen molar-refractivity contribution in [3.63, 3.8) is 0 Å². The predicted molar refractivity (Wildman–Crippen MR) is 47.4 cm³/mol. The third-order valence-corrected chi connectivity index (χ3v) is 2.04. The highest BCUT2D eigenvalue weighted by molar-refractivity contribution is 6.46. The zero-order chi connectivity index (χ0) is 7.68. The van der Waals surface area contributed by atoms with Crippen LogP contribution in [0.15, 0.2) is 18.5 Å². The van der Waals surface area contributed by atoms with Gasteiger partial charge in [-0.05, 0) is 35.9 Å². The molecule has 4 heteroatoms. The van der Waals surface area contributed by atoms with Crippen molar-refractivity contribution in [2.45, 2.75) is 18.8 Å². The second-order valence-electron chi connectivity index (χ2n) is 2.91. The van der Waals surface area contributed by atoms with Crippen LogP contribution in [0.3, 0.4) is 0 Å². The summed E-state index contributed by atoms with van der Waals surface area (Å²) < 4.78 is 0. The van der Waals surface area contributed by atoms with E-state index in [1.165, 1.54) is 18.4 Å². The van der Waals surface area contributed by atoms with Gasteiger partial charge in [-0.1, -0.05) is 0 Å². The van der Waals surface area contributed by atoms with E-state index in [1.807, 2.05) is 6.07 Å². The Morgan fingerprint density at radius 3 is 2.83 bits per heavy atom. The van der Waals surface area contributed by atoms with Crippen LogP contribution in [0.4, 0.5) is 0 Å². The maximum absolute atomic E-state index is 8.83. The Hall–Kier alpha value is -0.865. The zero-order valence-electron chi connectivity index (χ0n) is 6.70. The van der Waals surface area contributed by atoms with Crippen molar-refractivity contribution in [2.75, 3.05) is 0 Å². The first-order valence-electron chi connectivity index (χ1n) is 3.83. The largest absolute Gasteiger partial charge is 0.450 e. The maximum Gasteiger partial charge on any atom is 0.328 e. The highest BCUT2D eigenvalue weighted by Crippen LogP contribution is 2.38. The molecule has 1 aliphatic carbocycles. The van der Waals surface area contributed by atoms with Gasteiger partial charge in [0, 0.05) is 12.4 Å². The van der Waals surface area contributed by atoms with Crippen LogP contribution in [0.1, 0.15) is 24.3 Å². The number of hydrogen-bond acceptors (Lipinski definition) is 2. The maximum atomic E-state index is 8.83. The second-order valence-corrected chi connectivity index (χ2v) is 2.91. The summed E-state index contributed by atoms with van der Waals surface area (Å²) in [5, 5.41) is 8.83. The van der Waals surface area contributed by atoms with Gasteiger partial charge in [0.2, 0.25) is 0 Å². The standard InChI is InChI=1S/C8H9BNO.H2O/c11-9-8-5-10-4-3-7(8)6-1-2-6;/h3-6,11H,1-2H2;1H2. The van der Waals surface area contributed by atoms with E-state index < -0.39 is 0 Å². The summed E-state index contributed by atoms with van der Waals surface area (Å²) in [5.41, 5.74) is 2.11. The van der Waals surface area contributed by atoms with E-state index in [0.29, 0.717) is 5.92 Å². The van der Waals surface area contributed by atoms with Gasteiger partial charge >= 0.3 is 7.48 Å². The molecule has 1 aromatic heterocycles. The molecule has 1 saturated carbocycles. The molecule has 1 heterocycles. The highest BCUT2D eigenvalue weighted by Gasteiger charge is 2.25. The molecule has 63 valence electrons. The molecular formula is C8H11BNO2. The summed E-state index contributed by atoms with van der Waals surface area (Å²) in [5.74, 6) is 0.677. The van der Waals surface area contributed by atoms with E-state index in [0.717, 1.165) is 12.9 Å². The summed E-state index contributed by atoms with van der Waals surface area (Å²) in [6, 6.07) is 1.99. The van der Waals surface area contributed by atoms with Gasteiger partial charge in [0.25, 0.3) is 0 Å². The molecule has 0 aromatic carbocycles. The van der Waals surface area contributed by atoms with Crippen molar-refractivity contribution in [2.24, 2.45) is 0 Å². The lowest BCUT2D eigenvalue weighted by atomic mass is 9.84. The monoisotopic (exact) mass is 164 g/mol. The molecule has 1 fully saturated rings. The average molecular weight is 164 g/mol. The minimum Gasteiger partial charge on any atom is -0.450 e. The van der Waals surface area contributed by atoms with Gasteiger partial charge in [-0.2, -0.15) is 0 Å². The predicted octanol–water partition coefficient (Wildman–Crippen LogP) is -0.629. The molecule has 2 rings (SSSR count). The molecule has 1 aliphatic rings. The SMILES string of the molecule is O.O[B]c1cnccc1C1CC1. The highest BCUT2D eigenvalue weighted by atomic mass is 16.2. The number of aromatic nitrogens is 1. The molecule has 0 aliphatic heterocycles. The Bertz CT molecular complexity index is 263. The summed E-state index contributed by atoms with van der Waals surface area (Å²) in [6.45, 7) is 0. The van der Waals surface area contributed by atoms with Crippen LogP contribution in [0.2, 0.25) is 0 Å². The minimum atomic E-state index is 0. The molecule has 0 amide bonds. The number of nitrogens with zero attached hydrogens (tertiary/aromatic N) is 1. The third-order valence-electron chi connectivity index (χ3n) is 2.04. The van der Waals surface area contributed by atoms with Crippen molar-refractivity contribution in [3.8, 4) is 0 Å². The Morgan fingerprint density at radius 2 is 2.25 bits per heavy atom. The summed E-state index contributed by atoms with van der Waals surface area (Å²) >= 11 is 0. The fourth-order valence-electron chi connectivity index (χ4n) is 1.29. The molecule has 1 aromatic rings. The average Bonchev–Trinajstić information content (AvgIpc) is 2.87. The summed E-state index contributed by atoms with van der Waals surface area (Å²) in [6.07, 6.45) is 5.99. The Kier molecular flexibility index (Phi) is 2.84. The van der Waals surface area contributed by atoms with Gasteiger partial charge in [0.1, 0.15) is 0 Å². The van der Waals surface area contributed by atoms with E-state index in [1.54, 1.807) is 12.4 Å². The normalized spacial score (nSPS) is 15.1. The molecule has 3 nitrogen and oxygen atoms in total. The molecule has 0 atom stereocenters. The fourth-order valence-corrected chi connectivity index (χ4v) is 1.29. The van der Waals surface area contributed by atoms with Crippen molar-refractivity contribution >= 4 is 12.9 Å².